The molecule has 104 valence electrons. The highest BCUT2D eigenvalue weighted by Gasteiger charge is 2.05. The van der Waals surface area contributed by atoms with Crippen molar-refractivity contribution in [2.75, 3.05) is 19.0 Å². The van der Waals surface area contributed by atoms with Crippen LogP contribution in [0.4, 0.5) is 5.69 Å². The molecule has 1 heterocycles. The van der Waals surface area contributed by atoms with Gasteiger partial charge in [-0.05, 0) is 37.3 Å². The van der Waals surface area contributed by atoms with Gasteiger partial charge in [0.05, 0.1) is 6.21 Å². The minimum atomic E-state index is -0.256. The van der Waals surface area contributed by atoms with Crippen molar-refractivity contribution in [1.29, 1.82) is 0 Å². The molecular weight excluding hydrogens is 254 g/mol. The van der Waals surface area contributed by atoms with Crippen molar-refractivity contribution in [3.05, 3.63) is 53.5 Å². The minimum absolute atomic E-state index is 0.256. The Kier molecular flexibility index (Phi) is 4.20. The lowest BCUT2D eigenvalue weighted by molar-refractivity contribution is 0.0955. The molecule has 1 aromatic heterocycles. The normalized spacial score (nSPS) is 10.8. The van der Waals surface area contributed by atoms with Crippen LogP contribution >= 0.6 is 0 Å². The van der Waals surface area contributed by atoms with Gasteiger partial charge in [0.2, 0.25) is 0 Å². The lowest BCUT2D eigenvalue weighted by atomic mass is 10.2. The number of hydrogen-bond acceptors (Lipinski definition) is 4. The van der Waals surface area contributed by atoms with Crippen LogP contribution in [0.15, 0.2) is 45.9 Å². The lowest BCUT2D eigenvalue weighted by Crippen LogP contribution is -2.18. The summed E-state index contributed by atoms with van der Waals surface area (Å²) in [6.45, 7) is 1.85. The number of carbonyl (C=O) groups is 1. The first-order valence-electron chi connectivity index (χ1n) is 6.23. The van der Waals surface area contributed by atoms with Gasteiger partial charge < -0.3 is 9.32 Å². The third-order valence-corrected chi connectivity index (χ3v) is 2.74. The predicted octanol–water partition coefficient (Wildman–Crippen LogP) is 2.42. The molecule has 2 rings (SSSR count). The molecule has 0 aliphatic heterocycles. The Morgan fingerprint density at radius 2 is 2.10 bits per heavy atom. The van der Waals surface area contributed by atoms with Crippen molar-refractivity contribution < 1.29 is 9.21 Å². The third-order valence-electron chi connectivity index (χ3n) is 2.74. The fourth-order valence-electron chi connectivity index (χ4n) is 1.67. The van der Waals surface area contributed by atoms with E-state index in [4.69, 9.17) is 4.42 Å². The van der Waals surface area contributed by atoms with Gasteiger partial charge in [-0.2, -0.15) is 5.10 Å². The molecule has 5 heteroatoms. The first-order valence-corrected chi connectivity index (χ1v) is 6.23. The number of rotatable bonds is 4. The second-order valence-corrected chi connectivity index (χ2v) is 4.59. The maximum absolute atomic E-state index is 11.9. The van der Waals surface area contributed by atoms with Gasteiger partial charge in [0.1, 0.15) is 11.5 Å². The lowest BCUT2D eigenvalue weighted by Gasteiger charge is -2.12. The summed E-state index contributed by atoms with van der Waals surface area (Å²) in [5, 5.41) is 3.87. The number of carbonyl (C=O) groups excluding carboxylic acids is 1. The molecular formula is C15H17N3O2. The van der Waals surface area contributed by atoms with E-state index in [0.717, 1.165) is 11.4 Å². The Hall–Kier alpha value is -2.56. The number of hydrazone groups is 1. The Morgan fingerprint density at radius 1 is 1.30 bits per heavy atom. The average Bonchev–Trinajstić information content (AvgIpc) is 2.84. The summed E-state index contributed by atoms with van der Waals surface area (Å²) in [6.07, 6.45) is 1.47. The Bertz CT molecular complexity index is 630. The van der Waals surface area contributed by atoms with Crippen LogP contribution in [0.5, 0.6) is 0 Å². The third kappa shape index (κ3) is 3.47. The molecule has 0 spiro atoms. The first kappa shape index (κ1) is 13.9. The highest BCUT2D eigenvalue weighted by atomic mass is 16.3. The summed E-state index contributed by atoms with van der Waals surface area (Å²) in [5.74, 6) is 1.15. The second-order valence-electron chi connectivity index (χ2n) is 4.59. The van der Waals surface area contributed by atoms with Crippen molar-refractivity contribution >= 4 is 17.8 Å². The van der Waals surface area contributed by atoms with Crippen molar-refractivity contribution in [1.82, 2.24) is 5.43 Å². The number of furan rings is 1. The smallest absolute Gasteiger partial charge is 0.271 e. The van der Waals surface area contributed by atoms with E-state index in [9.17, 15) is 4.79 Å². The van der Waals surface area contributed by atoms with Gasteiger partial charge >= 0.3 is 0 Å². The van der Waals surface area contributed by atoms with Gasteiger partial charge in [-0.1, -0.05) is 6.07 Å². The fraction of sp³-hybridized carbons (Fsp3) is 0.200. The maximum atomic E-state index is 11.9. The summed E-state index contributed by atoms with van der Waals surface area (Å²) in [4.78, 5) is 13.9. The summed E-state index contributed by atoms with van der Waals surface area (Å²) >= 11 is 0. The van der Waals surface area contributed by atoms with Gasteiger partial charge in [-0.15, -0.1) is 0 Å². The Balaban J connectivity index is 2.01. The van der Waals surface area contributed by atoms with E-state index in [2.05, 4.69) is 10.5 Å². The van der Waals surface area contributed by atoms with E-state index in [1.165, 1.54) is 6.21 Å². The van der Waals surface area contributed by atoms with E-state index in [0.29, 0.717) is 11.3 Å². The van der Waals surface area contributed by atoms with E-state index >= 15 is 0 Å². The molecule has 0 unspecified atom stereocenters. The number of nitrogens with one attached hydrogen (secondary N) is 1. The molecule has 5 nitrogen and oxygen atoms in total. The molecule has 0 radical (unpaired) electrons. The monoisotopic (exact) mass is 271 g/mol. The first-order chi connectivity index (χ1) is 9.56. The summed E-state index contributed by atoms with van der Waals surface area (Å²) in [7, 11) is 3.85. The standard InChI is InChI=1S/C15H17N3O2/c1-11-7-8-14(20-11)10-16-17-15(19)12-5-4-6-13(9-12)18(2)3/h4-10H,1-3H3,(H,17,19)/b16-10+. The van der Waals surface area contributed by atoms with Crippen LogP contribution in [0.25, 0.3) is 0 Å². The molecule has 20 heavy (non-hydrogen) atoms. The number of anilines is 1. The molecule has 0 aliphatic rings. The predicted molar refractivity (Wildman–Crippen MR) is 79.3 cm³/mol. The van der Waals surface area contributed by atoms with Crippen molar-refractivity contribution in [3.8, 4) is 0 Å². The number of aryl methyl sites for hydroxylation is 1. The van der Waals surface area contributed by atoms with Gasteiger partial charge in [0, 0.05) is 25.3 Å². The zero-order valence-electron chi connectivity index (χ0n) is 11.8. The highest BCUT2D eigenvalue weighted by molar-refractivity contribution is 5.95. The number of hydrogen-bond donors (Lipinski definition) is 1. The van der Waals surface area contributed by atoms with Crippen LogP contribution in [0.1, 0.15) is 21.9 Å². The number of nitrogens with zero attached hydrogens (tertiary/aromatic N) is 2. The second kappa shape index (κ2) is 6.06. The molecule has 0 saturated heterocycles. The molecule has 0 saturated carbocycles. The van der Waals surface area contributed by atoms with Gasteiger partial charge in [-0.3, -0.25) is 4.79 Å². The van der Waals surface area contributed by atoms with Crippen LogP contribution in [-0.4, -0.2) is 26.2 Å². The van der Waals surface area contributed by atoms with E-state index in [1.54, 1.807) is 12.1 Å². The van der Waals surface area contributed by atoms with Crippen LogP contribution in [0, 0.1) is 6.92 Å². The molecule has 1 aromatic carbocycles. The minimum Gasteiger partial charge on any atom is -0.460 e. The largest absolute Gasteiger partial charge is 0.460 e. The molecule has 0 atom stereocenters. The highest BCUT2D eigenvalue weighted by Crippen LogP contribution is 2.13. The topological polar surface area (TPSA) is 57.8 Å². The summed E-state index contributed by atoms with van der Waals surface area (Å²) in [6, 6.07) is 11.0. The summed E-state index contributed by atoms with van der Waals surface area (Å²) in [5.41, 5.74) is 4.00. The molecule has 0 fully saturated rings. The summed E-state index contributed by atoms with van der Waals surface area (Å²) < 4.78 is 5.31. The quantitative estimate of drug-likeness (QED) is 0.686. The fourth-order valence-corrected chi connectivity index (χ4v) is 1.67. The van der Waals surface area contributed by atoms with Gasteiger partial charge in [0.25, 0.3) is 5.91 Å². The molecule has 0 aliphatic carbocycles. The Labute approximate surface area is 117 Å². The van der Waals surface area contributed by atoms with Crippen molar-refractivity contribution in [2.24, 2.45) is 5.10 Å². The number of benzene rings is 1. The molecule has 0 bridgehead atoms. The van der Waals surface area contributed by atoms with Gasteiger partial charge in [0.15, 0.2) is 0 Å². The average molecular weight is 271 g/mol. The van der Waals surface area contributed by atoms with E-state index < -0.39 is 0 Å². The van der Waals surface area contributed by atoms with E-state index in [1.807, 2.05) is 50.2 Å². The Morgan fingerprint density at radius 3 is 2.75 bits per heavy atom. The van der Waals surface area contributed by atoms with Crippen LogP contribution < -0.4 is 10.3 Å². The number of amides is 1. The maximum Gasteiger partial charge on any atom is 0.271 e. The molecule has 1 N–H and O–H groups in total. The zero-order valence-corrected chi connectivity index (χ0v) is 11.8. The molecule has 2 aromatic rings. The van der Waals surface area contributed by atoms with Gasteiger partial charge in [-0.25, -0.2) is 5.43 Å². The SMILES string of the molecule is Cc1ccc(/C=N/NC(=O)c2cccc(N(C)C)c2)o1. The zero-order chi connectivity index (χ0) is 14.5. The van der Waals surface area contributed by atoms with E-state index in [-0.39, 0.29) is 5.91 Å². The van der Waals surface area contributed by atoms with Crippen LogP contribution in [0.3, 0.4) is 0 Å². The van der Waals surface area contributed by atoms with Crippen molar-refractivity contribution in [2.45, 2.75) is 6.92 Å². The van der Waals surface area contributed by atoms with Crippen LogP contribution in [-0.2, 0) is 0 Å². The van der Waals surface area contributed by atoms with Crippen molar-refractivity contribution in [3.63, 3.8) is 0 Å². The molecule has 1 amide bonds. The van der Waals surface area contributed by atoms with Crippen LogP contribution in [0.2, 0.25) is 0 Å².